The highest BCUT2D eigenvalue weighted by Crippen LogP contribution is 2.31. The molecule has 10 nitrogen and oxygen atoms in total. The summed E-state index contributed by atoms with van der Waals surface area (Å²) in [5.41, 5.74) is 1.03. The number of hydrogen-bond donors (Lipinski definition) is 1. The van der Waals surface area contributed by atoms with Crippen LogP contribution in [0.2, 0.25) is 0 Å². The number of carbonyl (C=O) groups excluding carboxylic acids is 1. The largest absolute Gasteiger partial charge is 0.497 e. The molecule has 31 heavy (non-hydrogen) atoms. The summed E-state index contributed by atoms with van der Waals surface area (Å²) in [5.74, 6) is 0.272. The molecule has 1 fully saturated rings. The van der Waals surface area contributed by atoms with Gasteiger partial charge in [0.15, 0.2) is 5.52 Å². The molecule has 4 rings (SSSR count). The molecule has 1 amide bonds. The number of aromatic nitrogens is 2. The first-order chi connectivity index (χ1) is 14.9. The lowest BCUT2D eigenvalue weighted by molar-refractivity contribution is -0.120. The summed E-state index contributed by atoms with van der Waals surface area (Å²) in [6.07, 6.45) is 1.14. The lowest BCUT2D eigenvalue weighted by atomic mass is 9.98. The summed E-state index contributed by atoms with van der Waals surface area (Å²) in [4.78, 5) is 12.9. The van der Waals surface area contributed by atoms with Crippen LogP contribution < -0.4 is 14.8 Å². The number of piperidine rings is 1. The summed E-state index contributed by atoms with van der Waals surface area (Å²) in [7, 11) is -0.830. The van der Waals surface area contributed by atoms with Gasteiger partial charge in [0, 0.05) is 19.2 Å². The minimum atomic E-state index is -3.87. The fourth-order valence-electron chi connectivity index (χ4n) is 3.64. The van der Waals surface area contributed by atoms with Crippen molar-refractivity contribution in [2.75, 3.05) is 32.6 Å². The van der Waals surface area contributed by atoms with Crippen LogP contribution in [0.1, 0.15) is 12.8 Å². The number of ether oxygens (including phenoxy) is 2. The molecular weight excluding hydrogens is 424 g/mol. The predicted octanol–water partition coefficient (Wildman–Crippen LogP) is 2.28. The van der Waals surface area contributed by atoms with Gasteiger partial charge in [-0.05, 0) is 47.4 Å². The van der Waals surface area contributed by atoms with E-state index in [1.807, 2.05) is 0 Å². The molecule has 0 aliphatic carbocycles. The molecule has 0 spiro atoms. The summed E-state index contributed by atoms with van der Waals surface area (Å²) < 4.78 is 43.0. The maximum absolute atomic E-state index is 13.2. The van der Waals surface area contributed by atoms with E-state index in [-0.39, 0.29) is 22.9 Å². The molecule has 1 atom stereocenters. The Morgan fingerprint density at radius 3 is 2.81 bits per heavy atom. The van der Waals surface area contributed by atoms with Crippen LogP contribution in [0, 0.1) is 5.92 Å². The predicted molar refractivity (Wildman–Crippen MR) is 111 cm³/mol. The van der Waals surface area contributed by atoms with Crippen molar-refractivity contribution < 1.29 is 27.3 Å². The molecule has 0 radical (unpaired) electrons. The third kappa shape index (κ3) is 4.06. The molecule has 1 aliphatic rings. The minimum absolute atomic E-state index is 0.0177. The molecule has 2 aromatic carbocycles. The van der Waals surface area contributed by atoms with Crippen LogP contribution in [0.3, 0.4) is 0 Å². The molecule has 3 aromatic rings. The smallest absolute Gasteiger partial charge is 0.245 e. The summed E-state index contributed by atoms with van der Waals surface area (Å²) in [6, 6.07) is 9.74. The van der Waals surface area contributed by atoms with Gasteiger partial charge in [-0.3, -0.25) is 4.79 Å². The van der Waals surface area contributed by atoms with E-state index in [1.54, 1.807) is 37.4 Å². The third-order valence-electron chi connectivity index (χ3n) is 5.29. The van der Waals surface area contributed by atoms with E-state index in [0.717, 1.165) is 0 Å². The van der Waals surface area contributed by atoms with Gasteiger partial charge < -0.3 is 14.8 Å². The second kappa shape index (κ2) is 8.52. The standard InChI is InChI=1S/C20H22N4O6S/c1-28-14-8-9-15(17(11-14)29-2)21-20(25)13-5-4-10-24(12-13)31(26,27)18-7-3-6-16-19(18)23-30-22-16/h3,6-9,11,13H,4-5,10,12H2,1-2H3,(H,21,25)/t13-/m1/s1. The van der Waals surface area contributed by atoms with Gasteiger partial charge in [-0.15, -0.1) is 0 Å². The topological polar surface area (TPSA) is 124 Å². The average Bonchev–Trinajstić information content (AvgIpc) is 3.28. The number of sulfonamides is 1. The highest BCUT2D eigenvalue weighted by molar-refractivity contribution is 7.89. The van der Waals surface area contributed by atoms with Gasteiger partial charge in [0.25, 0.3) is 0 Å². The summed E-state index contributed by atoms with van der Waals surface area (Å²) in [5, 5.41) is 10.3. The Kier molecular flexibility index (Phi) is 5.79. The number of rotatable bonds is 6. The SMILES string of the molecule is COc1ccc(NC(=O)[C@@H]2CCCN(S(=O)(=O)c3cccc4nonc34)C2)c(OC)c1. The average molecular weight is 446 g/mol. The summed E-state index contributed by atoms with van der Waals surface area (Å²) in [6.45, 7) is 0.383. The van der Waals surface area contributed by atoms with Crippen molar-refractivity contribution >= 4 is 32.7 Å². The van der Waals surface area contributed by atoms with Gasteiger partial charge in [0.05, 0.1) is 25.8 Å². The van der Waals surface area contributed by atoms with E-state index in [0.29, 0.717) is 42.1 Å². The van der Waals surface area contributed by atoms with Gasteiger partial charge in [0.2, 0.25) is 15.9 Å². The molecular formula is C20H22N4O6S. The fraction of sp³-hybridized carbons (Fsp3) is 0.350. The zero-order chi connectivity index (χ0) is 22.0. The van der Waals surface area contributed by atoms with Crippen molar-refractivity contribution in [3.63, 3.8) is 0 Å². The maximum Gasteiger partial charge on any atom is 0.245 e. The zero-order valence-electron chi connectivity index (χ0n) is 17.1. The van der Waals surface area contributed by atoms with Crippen molar-refractivity contribution in [1.29, 1.82) is 0 Å². The quantitative estimate of drug-likeness (QED) is 0.612. The molecule has 2 heterocycles. The van der Waals surface area contributed by atoms with E-state index in [4.69, 9.17) is 9.47 Å². The molecule has 0 unspecified atom stereocenters. The van der Waals surface area contributed by atoms with E-state index >= 15 is 0 Å². The zero-order valence-corrected chi connectivity index (χ0v) is 17.9. The van der Waals surface area contributed by atoms with E-state index in [1.165, 1.54) is 17.5 Å². The second-order valence-electron chi connectivity index (χ2n) is 7.15. The lowest BCUT2D eigenvalue weighted by Gasteiger charge is -2.31. The van der Waals surface area contributed by atoms with Gasteiger partial charge >= 0.3 is 0 Å². The van der Waals surface area contributed by atoms with Gasteiger partial charge in [0.1, 0.15) is 21.9 Å². The Morgan fingerprint density at radius 2 is 2.03 bits per heavy atom. The first kappa shape index (κ1) is 21.1. The first-order valence-electron chi connectivity index (χ1n) is 9.68. The highest BCUT2D eigenvalue weighted by Gasteiger charge is 2.35. The van der Waals surface area contributed by atoms with Gasteiger partial charge in [-0.25, -0.2) is 13.0 Å². The molecule has 1 aromatic heterocycles. The Labute approximate surface area is 179 Å². The third-order valence-corrected chi connectivity index (χ3v) is 7.19. The molecule has 164 valence electrons. The number of methoxy groups -OCH3 is 2. The summed E-state index contributed by atoms with van der Waals surface area (Å²) >= 11 is 0. The van der Waals surface area contributed by atoms with E-state index in [9.17, 15) is 13.2 Å². The minimum Gasteiger partial charge on any atom is -0.497 e. The van der Waals surface area contributed by atoms with Crippen LogP contribution >= 0.6 is 0 Å². The molecule has 1 N–H and O–H groups in total. The number of hydrogen-bond acceptors (Lipinski definition) is 8. The van der Waals surface area contributed by atoms with Crippen LogP contribution in [0.5, 0.6) is 11.5 Å². The number of nitrogens with zero attached hydrogens (tertiary/aromatic N) is 3. The second-order valence-corrected chi connectivity index (χ2v) is 9.05. The first-order valence-corrected chi connectivity index (χ1v) is 11.1. The molecule has 1 saturated heterocycles. The Morgan fingerprint density at radius 1 is 1.19 bits per heavy atom. The number of nitrogens with one attached hydrogen (secondary N) is 1. The number of benzene rings is 2. The van der Waals surface area contributed by atoms with E-state index < -0.39 is 15.9 Å². The Balaban J connectivity index is 1.53. The normalized spacial score (nSPS) is 17.4. The van der Waals surface area contributed by atoms with Gasteiger partial charge in [-0.2, -0.15) is 4.31 Å². The number of carbonyl (C=O) groups is 1. The van der Waals surface area contributed by atoms with Crippen LogP contribution in [0.25, 0.3) is 11.0 Å². The number of anilines is 1. The van der Waals surface area contributed by atoms with Gasteiger partial charge in [-0.1, -0.05) is 6.07 Å². The molecule has 11 heteroatoms. The Hall–Kier alpha value is -3.18. The maximum atomic E-state index is 13.2. The van der Waals surface area contributed by atoms with Crippen molar-refractivity contribution in [3.8, 4) is 11.5 Å². The fourth-order valence-corrected chi connectivity index (χ4v) is 5.30. The van der Waals surface area contributed by atoms with Crippen molar-refractivity contribution in [2.45, 2.75) is 17.7 Å². The number of amides is 1. The van der Waals surface area contributed by atoms with E-state index in [2.05, 4.69) is 20.3 Å². The van der Waals surface area contributed by atoms with Crippen molar-refractivity contribution in [2.24, 2.45) is 5.92 Å². The van der Waals surface area contributed by atoms with Crippen LogP contribution in [0.4, 0.5) is 5.69 Å². The molecule has 0 bridgehead atoms. The van der Waals surface area contributed by atoms with Crippen molar-refractivity contribution in [3.05, 3.63) is 36.4 Å². The number of fused-ring (bicyclic) bond motifs is 1. The Bertz CT molecular complexity index is 1210. The van der Waals surface area contributed by atoms with Crippen LogP contribution in [-0.2, 0) is 14.8 Å². The highest BCUT2D eigenvalue weighted by atomic mass is 32.2. The van der Waals surface area contributed by atoms with Crippen LogP contribution in [0.15, 0.2) is 45.9 Å². The lowest BCUT2D eigenvalue weighted by Crippen LogP contribution is -2.43. The molecule has 0 saturated carbocycles. The molecule has 1 aliphatic heterocycles. The van der Waals surface area contributed by atoms with Crippen molar-refractivity contribution in [1.82, 2.24) is 14.6 Å². The monoisotopic (exact) mass is 446 g/mol. The van der Waals surface area contributed by atoms with Crippen LogP contribution in [-0.4, -0.2) is 56.3 Å².